The summed E-state index contributed by atoms with van der Waals surface area (Å²) in [6.45, 7) is 1.66. The zero-order chi connectivity index (χ0) is 14.4. The van der Waals surface area contributed by atoms with E-state index in [4.69, 9.17) is 9.84 Å². The standard InChI is InChI=1S/C13H16BrNO4/c1-8(13(17)18)7-15-12(16)6-9-5-10(14)3-4-11(9)19-2/h3-5,8H,6-7H2,1-2H3,(H,15,16)(H,17,18). The van der Waals surface area contributed by atoms with Crippen LogP contribution in [0, 0.1) is 5.92 Å². The second-order valence-corrected chi connectivity index (χ2v) is 5.09. The van der Waals surface area contributed by atoms with Gasteiger partial charge >= 0.3 is 5.97 Å². The Morgan fingerprint density at radius 2 is 2.16 bits per heavy atom. The molecule has 0 aromatic heterocycles. The number of carboxylic acids is 1. The predicted octanol–water partition coefficient (Wildman–Crippen LogP) is 1.84. The molecule has 0 saturated heterocycles. The first-order chi connectivity index (χ1) is 8.93. The highest BCUT2D eigenvalue weighted by Gasteiger charge is 2.14. The number of rotatable bonds is 6. The van der Waals surface area contributed by atoms with Gasteiger partial charge in [-0.15, -0.1) is 0 Å². The highest BCUT2D eigenvalue weighted by Crippen LogP contribution is 2.23. The van der Waals surface area contributed by atoms with E-state index >= 15 is 0 Å². The Kier molecular flexibility index (Phi) is 5.82. The van der Waals surface area contributed by atoms with Crippen molar-refractivity contribution < 1.29 is 19.4 Å². The van der Waals surface area contributed by atoms with Crippen LogP contribution in [0.3, 0.4) is 0 Å². The Bertz CT molecular complexity index is 476. The van der Waals surface area contributed by atoms with Gasteiger partial charge in [0.25, 0.3) is 0 Å². The molecule has 19 heavy (non-hydrogen) atoms. The fraction of sp³-hybridized carbons (Fsp3) is 0.385. The number of amides is 1. The second kappa shape index (κ2) is 7.13. The maximum absolute atomic E-state index is 11.7. The van der Waals surface area contributed by atoms with Crippen LogP contribution in [0.2, 0.25) is 0 Å². The Morgan fingerprint density at radius 3 is 2.74 bits per heavy atom. The van der Waals surface area contributed by atoms with Gasteiger partial charge in [-0.1, -0.05) is 22.9 Å². The number of methoxy groups -OCH3 is 1. The SMILES string of the molecule is COc1ccc(Br)cc1CC(=O)NCC(C)C(=O)O. The third-order valence-electron chi connectivity index (χ3n) is 2.62. The molecular weight excluding hydrogens is 314 g/mol. The van der Waals surface area contributed by atoms with Crippen molar-refractivity contribution in [3.05, 3.63) is 28.2 Å². The smallest absolute Gasteiger partial charge is 0.308 e. The van der Waals surface area contributed by atoms with E-state index in [2.05, 4.69) is 21.2 Å². The predicted molar refractivity (Wildman–Crippen MR) is 74.2 cm³/mol. The normalized spacial score (nSPS) is 11.7. The molecule has 0 spiro atoms. The van der Waals surface area contributed by atoms with Gasteiger partial charge in [0, 0.05) is 16.6 Å². The average Bonchev–Trinajstić information content (AvgIpc) is 2.36. The lowest BCUT2D eigenvalue weighted by atomic mass is 10.1. The molecular formula is C13H16BrNO4. The molecule has 1 unspecified atom stereocenters. The minimum absolute atomic E-state index is 0.116. The fourth-order valence-corrected chi connectivity index (χ4v) is 1.88. The van der Waals surface area contributed by atoms with E-state index in [0.29, 0.717) is 5.75 Å². The van der Waals surface area contributed by atoms with Crippen LogP contribution < -0.4 is 10.1 Å². The Morgan fingerprint density at radius 1 is 1.47 bits per heavy atom. The van der Waals surface area contributed by atoms with E-state index in [1.807, 2.05) is 6.07 Å². The number of aliphatic carboxylic acids is 1. The van der Waals surface area contributed by atoms with E-state index in [1.54, 1.807) is 19.1 Å². The molecule has 0 bridgehead atoms. The van der Waals surface area contributed by atoms with Crippen LogP contribution in [0.5, 0.6) is 5.75 Å². The average molecular weight is 330 g/mol. The lowest BCUT2D eigenvalue weighted by Gasteiger charge is -2.11. The third-order valence-corrected chi connectivity index (χ3v) is 3.11. The Hall–Kier alpha value is -1.56. The number of carboxylic acid groups (broad SMARTS) is 1. The summed E-state index contributed by atoms with van der Waals surface area (Å²) in [7, 11) is 1.54. The summed E-state index contributed by atoms with van der Waals surface area (Å²) in [4.78, 5) is 22.4. The van der Waals surface area contributed by atoms with Crippen molar-refractivity contribution in [1.29, 1.82) is 0 Å². The molecule has 1 aromatic carbocycles. The number of halogens is 1. The molecule has 0 radical (unpaired) electrons. The minimum Gasteiger partial charge on any atom is -0.496 e. The van der Waals surface area contributed by atoms with Gasteiger partial charge < -0.3 is 15.2 Å². The number of carbonyl (C=O) groups excluding carboxylic acids is 1. The summed E-state index contributed by atoms with van der Waals surface area (Å²) in [5.74, 6) is -1.14. The van der Waals surface area contributed by atoms with Crippen LogP contribution >= 0.6 is 15.9 Å². The van der Waals surface area contributed by atoms with Crippen molar-refractivity contribution in [2.75, 3.05) is 13.7 Å². The van der Waals surface area contributed by atoms with Gasteiger partial charge in [0.1, 0.15) is 5.75 Å². The third kappa shape index (κ3) is 4.90. The number of benzene rings is 1. The van der Waals surface area contributed by atoms with Gasteiger partial charge in [0.2, 0.25) is 5.91 Å². The molecule has 0 heterocycles. The fourth-order valence-electron chi connectivity index (χ4n) is 1.48. The van der Waals surface area contributed by atoms with E-state index in [1.165, 1.54) is 7.11 Å². The molecule has 2 N–H and O–H groups in total. The van der Waals surface area contributed by atoms with Gasteiger partial charge in [-0.2, -0.15) is 0 Å². The molecule has 0 aliphatic carbocycles. The van der Waals surface area contributed by atoms with Crippen molar-refractivity contribution >= 4 is 27.8 Å². The first-order valence-corrected chi connectivity index (χ1v) is 6.55. The van der Waals surface area contributed by atoms with E-state index < -0.39 is 11.9 Å². The highest BCUT2D eigenvalue weighted by molar-refractivity contribution is 9.10. The maximum Gasteiger partial charge on any atom is 0.308 e. The second-order valence-electron chi connectivity index (χ2n) is 4.18. The Balaban J connectivity index is 2.62. The summed E-state index contributed by atoms with van der Waals surface area (Å²) in [6.07, 6.45) is 0.148. The van der Waals surface area contributed by atoms with Crippen LogP contribution in [-0.2, 0) is 16.0 Å². The molecule has 104 valence electrons. The summed E-state index contributed by atoms with van der Waals surface area (Å²) in [6, 6.07) is 5.40. The van der Waals surface area contributed by atoms with Crippen LogP contribution in [0.4, 0.5) is 0 Å². The summed E-state index contributed by atoms with van der Waals surface area (Å²) in [5.41, 5.74) is 0.748. The number of ether oxygens (including phenoxy) is 1. The zero-order valence-corrected chi connectivity index (χ0v) is 12.4. The number of hydrogen-bond donors (Lipinski definition) is 2. The molecule has 0 saturated carbocycles. The Labute approximate surface area is 120 Å². The van der Waals surface area contributed by atoms with Gasteiger partial charge in [-0.25, -0.2) is 0 Å². The van der Waals surface area contributed by atoms with Gasteiger partial charge in [-0.05, 0) is 18.2 Å². The number of nitrogens with one attached hydrogen (secondary N) is 1. The summed E-state index contributed by atoms with van der Waals surface area (Å²) >= 11 is 3.33. The molecule has 6 heteroatoms. The van der Waals surface area contributed by atoms with Crippen molar-refractivity contribution in [3.8, 4) is 5.75 Å². The van der Waals surface area contributed by atoms with Gasteiger partial charge in [-0.3, -0.25) is 9.59 Å². The minimum atomic E-state index is -0.930. The lowest BCUT2D eigenvalue weighted by Crippen LogP contribution is -2.32. The van der Waals surface area contributed by atoms with Crippen LogP contribution in [0.25, 0.3) is 0 Å². The van der Waals surface area contributed by atoms with Crippen molar-refractivity contribution in [3.63, 3.8) is 0 Å². The highest BCUT2D eigenvalue weighted by atomic mass is 79.9. The molecule has 0 fully saturated rings. The summed E-state index contributed by atoms with van der Waals surface area (Å²) in [5, 5.41) is 11.3. The monoisotopic (exact) mass is 329 g/mol. The van der Waals surface area contributed by atoms with E-state index in [-0.39, 0.29) is 18.9 Å². The molecule has 0 aliphatic rings. The lowest BCUT2D eigenvalue weighted by molar-refractivity contribution is -0.141. The van der Waals surface area contributed by atoms with Crippen LogP contribution in [0.15, 0.2) is 22.7 Å². The number of carbonyl (C=O) groups is 2. The van der Waals surface area contributed by atoms with Crippen molar-refractivity contribution in [2.45, 2.75) is 13.3 Å². The van der Waals surface area contributed by atoms with E-state index in [0.717, 1.165) is 10.0 Å². The van der Waals surface area contributed by atoms with Gasteiger partial charge in [0.15, 0.2) is 0 Å². The van der Waals surface area contributed by atoms with Crippen LogP contribution in [0.1, 0.15) is 12.5 Å². The first kappa shape index (κ1) is 15.5. The first-order valence-electron chi connectivity index (χ1n) is 5.76. The van der Waals surface area contributed by atoms with E-state index in [9.17, 15) is 9.59 Å². The van der Waals surface area contributed by atoms with Crippen LogP contribution in [-0.4, -0.2) is 30.6 Å². The molecule has 1 rings (SSSR count). The quantitative estimate of drug-likeness (QED) is 0.834. The van der Waals surface area contributed by atoms with Crippen molar-refractivity contribution in [2.24, 2.45) is 5.92 Å². The molecule has 1 aromatic rings. The van der Waals surface area contributed by atoms with Crippen molar-refractivity contribution in [1.82, 2.24) is 5.32 Å². The largest absolute Gasteiger partial charge is 0.496 e. The summed E-state index contributed by atoms with van der Waals surface area (Å²) < 4.78 is 6.03. The molecule has 0 aliphatic heterocycles. The molecule has 1 amide bonds. The maximum atomic E-state index is 11.7. The van der Waals surface area contributed by atoms with Gasteiger partial charge in [0.05, 0.1) is 19.4 Å². The zero-order valence-electron chi connectivity index (χ0n) is 10.8. The molecule has 5 nitrogen and oxygen atoms in total. The number of hydrogen-bond acceptors (Lipinski definition) is 3. The molecule has 1 atom stereocenters. The topological polar surface area (TPSA) is 75.6 Å².